The number of nitrogens with zero attached hydrogens (tertiary/aromatic N) is 2. The van der Waals surface area contributed by atoms with Crippen LogP contribution in [0.4, 0.5) is 5.95 Å². The molecule has 1 aromatic heterocycles. The molecule has 0 saturated heterocycles. The van der Waals surface area contributed by atoms with Crippen LogP contribution in [-0.2, 0) is 4.74 Å². The van der Waals surface area contributed by atoms with E-state index in [2.05, 4.69) is 45.1 Å². The summed E-state index contributed by atoms with van der Waals surface area (Å²) in [4.78, 5) is 8.44. The molecular formula is C12H20BrN3O2. The highest BCUT2D eigenvalue weighted by Crippen LogP contribution is 2.24. The second-order valence-electron chi connectivity index (χ2n) is 4.81. The summed E-state index contributed by atoms with van der Waals surface area (Å²) in [6.07, 6.45) is 2.65. The first-order chi connectivity index (χ1) is 8.48. The molecule has 0 atom stereocenters. The van der Waals surface area contributed by atoms with Gasteiger partial charge in [0.15, 0.2) is 0 Å². The average Bonchev–Trinajstić information content (AvgIpc) is 2.35. The molecule has 1 N–H and O–H groups in total. The molecule has 0 aliphatic rings. The van der Waals surface area contributed by atoms with Gasteiger partial charge in [0.25, 0.3) is 0 Å². The minimum absolute atomic E-state index is 0.125. The van der Waals surface area contributed by atoms with E-state index >= 15 is 0 Å². The zero-order chi connectivity index (χ0) is 13.6. The van der Waals surface area contributed by atoms with Crippen LogP contribution in [0.15, 0.2) is 10.7 Å². The highest BCUT2D eigenvalue weighted by molar-refractivity contribution is 9.10. The smallest absolute Gasteiger partial charge is 0.232 e. The number of hydrogen-bond donors (Lipinski definition) is 1. The average molecular weight is 318 g/mol. The molecule has 6 heteroatoms. The van der Waals surface area contributed by atoms with Crippen LogP contribution in [0, 0.1) is 5.41 Å². The molecule has 0 aliphatic carbocycles. The van der Waals surface area contributed by atoms with Gasteiger partial charge in [-0.1, -0.05) is 13.8 Å². The Kier molecular flexibility index (Phi) is 5.81. The number of nitrogens with one attached hydrogen (secondary N) is 1. The lowest BCUT2D eigenvalue weighted by Gasteiger charge is -2.24. The molecule has 0 radical (unpaired) electrons. The Labute approximate surface area is 116 Å². The molecule has 0 unspecified atom stereocenters. The van der Waals surface area contributed by atoms with Gasteiger partial charge in [-0.15, -0.1) is 0 Å². The van der Waals surface area contributed by atoms with E-state index in [1.807, 2.05) is 0 Å². The number of hydrogen-bond acceptors (Lipinski definition) is 5. The molecule has 0 fully saturated rings. The lowest BCUT2D eigenvalue weighted by molar-refractivity contribution is 0.157. The minimum atomic E-state index is 0.125. The second-order valence-corrected chi connectivity index (χ2v) is 5.67. The van der Waals surface area contributed by atoms with Crippen molar-refractivity contribution in [3.8, 4) is 5.88 Å². The first-order valence-corrected chi connectivity index (χ1v) is 6.57. The highest BCUT2D eigenvalue weighted by Gasteiger charge is 2.18. The van der Waals surface area contributed by atoms with Crippen molar-refractivity contribution < 1.29 is 9.47 Å². The maximum Gasteiger partial charge on any atom is 0.232 e. The standard InChI is InChI=1S/C12H20BrN3O2/c1-12(2,5-6-17-3)8-15-11-14-7-9(13)10(16-11)18-4/h7H,5-6,8H2,1-4H3,(H,14,15,16). The van der Waals surface area contributed by atoms with E-state index in [0.717, 1.165) is 24.0 Å². The summed E-state index contributed by atoms with van der Waals surface area (Å²) >= 11 is 3.32. The van der Waals surface area contributed by atoms with Crippen molar-refractivity contribution in [3.05, 3.63) is 10.7 Å². The second kappa shape index (κ2) is 6.89. The van der Waals surface area contributed by atoms with Crippen molar-refractivity contribution >= 4 is 21.9 Å². The van der Waals surface area contributed by atoms with E-state index in [9.17, 15) is 0 Å². The number of methoxy groups -OCH3 is 2. The zero-order valence-corrected chi connectivity index (χ0v) is 12.9. The number of ether oxygens (including phenoxy) is 2. The number of rotatable bonds is 7. The first-order valence-electron chi connectivity index (χ1n) is 5.78. The predicted molar refractivity (Wildman–Crippen MR) is 75.0 cm³/mol. The Morgan fingerprint density at radius 3 is 2.72 bits per heavy atom. The normalized spacial score (nSPS) is 11.4. The SMILES string of the molecule is COCCC(C)(C)CNc1ncc(Br)c(OC)n1. The molecule has 1 aromatic rings. The van der Waals surface area contributed by atoms with Gasteiger partial charge in [-0.2, -0.15) is 4.98 Å². The summed E-state index contributed by atoms with van der Waals surface area (Å²) in [6, 6.07) is 0. The van der Waals surface area contributed by atoms with Gasteiger partial charge >= 0.3 is 0 Å². The molecule has 102 valence electrons. The summed E-state index contributed by atoms with van der Waals surface area (Å²) < 4.78 is 11.0. The van der Waals surface area contributed by atoms with Gasteiger partial charge in [-0.05, 0) is 27.8 Å². The van der Waals surface area contributed by atoms with Gasteiger partial charge in [0.1, 0.15) is 0 Å². The maximum absolute atomic E-state index is 5.12. The van der Waals surface area contributed by atoms with Crippen LogP contribution in [0.3, 0.4) is 0 Å². The largest absolute Gasteiger partial charge is 0.480 e. The molecule has 1 rings (SSSR count). The van der Waals surface area contributed by atoms with Gasteiger partial charge < -0.3 is 14.8 Å². The van der Waals surface area contributed by atoms with Gasteiger partial charge in [0, 0.05) is 20.3 Å². The maximum atomic E-state index is 5.12. The van der Waals surface area contributed by atoms with Crippen LogP contribution < -0.4 is 10.1 Å². The van der Waals surface area contributed by atoms with Crippen LogP contribution in [0.1, 0.15) is 20.3 Å². The van der Waals surface area contributed by atoms with E-state index < -0.39 is 0 Å². The Morgan fingerprint density at radius 1 is 1.39 bits per heavy atom. The summed E-state index contributed by atoms with van der Waals surface area (Å²) in [7, 11) is 3.30. The predicted octanol–water partition coefficient (Wildman–Crippen LogP) is 2.72. The fraction of sp³-hybridized carbons (Fsp3) is 0.667. The number of halogens is 1. The van der Waals surface area contributed by atoms with Gasteiger partial charge in [0.2, 0.25) is 11.8 Å². The minimum Gasteiger partial charge on any atom is -0.480 e. The zero-order valence-electron chi connectivity index (χ0n) is 11.3. The quantitative estimate of drug-likeness (QED) is 0.838. The summed E-state index contributed by atoms with van der Waals surface area (Å²) in [5.41, 5.74) is 0.125. The molecule has 0 aliphatic heterocycles. The van der Waals surface area contributed by atoms with Crippen LogP contribution >= 0.6 is 15.9 Å². The van der Waals surface area contributed by atoms with Crippen molar-refractivity contribution in [3.63, 3.8) is 0 Å². The summed E-state index contributed by atoms with van der Waals surface area (Å²) in [5, 5.41) is 3.22. The molecule has 0 bridgehead atoms. The highest BCUT2D eigenvalue weighted by atomic mass is 79.9. The van der Waals surface area contributed by atoms with Crippen molar-refractivity contribution in [1.29, 1.82) is 0 Å². The number of aromatic nitrogens is 2. The third-order valence-electron chi connectivity index (χ3n) is 2.61. The fourth-order valence-electron chi connectivity index (χ4n) is 1.36. The molecular weight excluding hydrogens is 298 g/mol. The monoisotopic (exact) mass is 317 g/mol. The first kappa shape index (κ1) is 15.2. The topological polar surface area (TPSA) is 56.3 Å². The molecule has 0 amide bonds. The van der Waals surface area contributed by atoms with Crippen molar-refractivity contribution in [2.75, 3.05) is 32.7 Å². The Morgan fingerprint density at radius 2 is 2.11 bits per heavy atom. The Bertz CT molecular complexity index is 386. The summed E-state index contributed by atoms with van der Waals surface area (Å²) in [6.45, 7) is 5.88. The lowest BCUT2D eigenvalue weighted by atomic mass is 9.90. The third-order valence-corrected chi connectivity index (χ3v) is 3.16. The molecule has 5 nitrogen and oxygen atoms in total. The molecule has 18 heavy (non-hydrogen) atoms. The van der Waals surface area contributed by atoms with Crippen LogP contribution in [0.5, 0.6) is 5.88 Å². The molecule has 1 heterocycles. The van der Waals surface area contributed by atoms with E-state index in [0.29, 0.717) is 11.8 Å². The van der Waals surface area contributed by atoms with Crippen molar-refractivity contribution in [2.24, 2.45) is 5.41 Å². The van der Waals surface area contributed by atoms with E-state index in [4.69, 9.17) is 9.47 Å². The lowest BCUT2D eigenvalue weighted by Crippen LogP contribution is -2.25. The molecule has 0 saturated carbocycles. The van der Waals surface area contributed by atoms with Gasteiger partial charge in [-0.25, -0.2) is 4.98 Å². The third kappa shape index (κ3) is 4.78. The number of anilines is 1. The van der Waals surface area contributed by atoms with E-state index in [1.54, 1.807) is 20.4 Å². The van der Waals surface area contributed by atoms with E-state index in [-0.39, 0.29) is 5.41 Å². The van der Waals surface area contributed by atoms with Gasteiger partial charge in [-0.3, -0.25) is 0 Å². The Hall–Kier alpha value is -0.880. The molecule has 0 spiro atoms. The van der Waals surface area contributed by atoms with Crippen LogP contribution in [-0.4, -0.2) is 37.3 Å². The fourth-order valence-corrected chi connectivity index (χ4v) is 1.72. The van der Waals surface area contributed by atoms with Gasteiger partial charge in [0.05, 0.1) is 17.8 Å². The molecule has 0 aromatic carbocycles. The Balaban J connectivity index is 2.57. The van der Waals surface area contributed by atoms with Crippen LogP contribution in [0.25, 0.3) is 0 Å². The van der Waals surface area contributed by atoms with Crippen LogP contribution in [0.2, 0.25) is 0 Å². The van der Waals surface area contributed by atoms with E-state index in [1.165, 1.54) is 0 Å². The van der Waals surface area contributed by atoms with Crippen molar-refractivity contribution in [1.82, 2.24) is 9.97 Å². The van der Waals surface area contributed by atoms with Crippen molar-refractivity contribution in [2.45, 2.75) is 20.3 Å². The summed E-state index contributed by atoms with van der Waals surface area (Å²) in [5.74, 6) is 1.10.